The highest BCUT2D eigenvalue weighted by atomic mass is 16.5. The number of ether oxygens (including phenoxy) is 1. The van der Waals surface area contributed by atoms with E-state index < -0.39 is 12.1 Å². The fourth-order valence-corrected chi connectivity index (χ4v) is 9.27. The van der Waals surface area contributed by atoms with Crippen molar-refractivity contribution in [2.45, 2.75) is 334 Å². The van der Waals surface area contributed by atoms with Crippen LogP contribution in [-0.2, 0) is 14.3 Å². The number of carbonyl (C=O) groups excluding carboxylic acids is 2. The molecule has 3 N–H and O–H groups in total. The van der Waals surface area contributed by atoms with Crippen molar-refractivity contribution in [3.05, 3.63) is 36.5 Å². The van der Waals surface area contributed by atoms with E-state index in [0.29, 0.717) is 32.3 Å². The number of aliphatic hydroxyl groups is 2. The lowest BCUT2D eigenvalue weighted by atomic mass is 10.0. The second-order valence-corrected chi connectivity index (χ2v) is 20.7. The summed E-state index contributed by atoms with van der Waals surface area (Å²) in [6, 6.07) is -0.587. The quantitative estimate of drug-likeness (QED) is 0.0321. The highest BCUT2D eigenvalue weighted by Gasteiger charge is 2.19. The summed E-state index contributed by atoms with van der Waals surface area (Å²) in [4.78, 5) is 24.5. The maximum atomic E-state index is 12.5. The van der Waals surface area contributed by atoms with Crippen LogP contribution in [0.2, 0.25) is 0 Å². The topological polar surface area (TPSA) is 95.9 Å². The third-order valence-corrected chi connectivity index (χ3v) is 13.9. The Labute approximate surface area is 424 Å². The maximum Gasteiger partial charge on any atom is 0.305 e. The van der Waals surface area contributed by atoms with Gasteiger partial charge in [0, 0.05) is 12.8 Å². The minimum absolute atomic E-state index is 0.0244. The molecule has 0 aromatic carbocycles. The van der Waals surface area contributed by atoms with Crippen molar-refractivity contribution >= 4 is 11.9 Å². The van der Waals surface area contributed by atoms with Gasteiger partial charge in [-0.15, -0.1) is 0 Å². The number of nitrogens with one attached hydrogen (secondary N) is 1. The third-order valence-electron chi connectivity index (χ3n) is 13.9. The van der Waals surface area contributed by atoms with E-state index in [1.165, 1.54) is 231 Å². The lowest BCUT2D eigenvalue weighted by Gasteiger charge is -2.22. The SMILES string of the molecule is CCCCCCCC/C=C\CCCCCCCC(=O)OCCCCCCCC/C=C\C/C=C\CCC(=O)NC(CO)C(O)CCCCCCCCCCCCCCCCCCCCCCCCC. The number of unbranched alkanes of at least 4 members (excludes halogenated alkanes) is 39. The molecule has 0 fully saturated rings. The maximum absolute atomic E-state index is 12.5. The van der Waals surface area contributed by atoms with Crippen LogP contribution < -0.4 is 5.32 Å². The summed E-state index contributed by atoms with van der Waals surface area (Å²) < 4.78 is 5.46. The van der Waals surface area contributed by atoms with E-state index in [1.54, 1.807) is 0 Å². The van der Waals surface area contributed by atoms with Gasteiger partial charge in [-0.3, -0.25) is 9.59 Å². The molecule has 6 heteroatoms. The Morgan fingerprint density at radius 2 is 0.750 bits per heavy atom. The average molecular weight is 957 g/mol. The summed E-state index contributed by atoms with van der Waals surface area (Å²) in [7, 11) is 0. The van der Waals surface area contributed by atoms with E-state index in [9.17, 15) is 19.8 Å². The first-order valence-electron chi connectivity index (χ1n) is 30.2. The van der Waals surface area contributed by atoms with E-state index >= 15 is 0 Å². The van der Waals surface area contributed by atoms with Gasteiger partial charge in [-0.1, -0.05) is 275 Å². The summed E-state index contributed by atoms with van der Waals surface area (Å²) in [5.74, 6) is -0.138. The number of aliphatic hydroxyl groups excluding tert-OH is 2. The zero-order chi connectivity index (χ0) is 49.3. The number of allylic oxidation sites excluding steroid dienone is 6. The predicted octanol–water partition coefficient (Wildman–Crippen LogP) is 18.8. The molecule has 0 saturated carbocycles. The summed E-state index contributed by atoms with van der Waals surface area (Å²) in [5.41, 5.74) is 0. The number of amides is 1. The van der Waals surface area contributed by atoms with Crippen molar-refractivity contribution in [3.63, 3.8) is 0 Å². The molecule has 0 aromatic rings. The summed E-state index contributed by atoms with van der Waals surface area (Å²) in [6.45, 7) is 4.90. The Morgan fingerprint density at radius 1 is 0.412 bits per heavy atom. The van der Waals surface area contributed by atoms with Gasteiger partial charge in [-0.05, 0) is 70.6 Å². The molecule has 0 saturated heterocycles. The van der Waals surface area contributed by atoms with Gasteiger partial charge in [-0.25, -0.2) is 0 Å². The van der Waals surface area contributed by atoms with Gasteiger partial charge in [0.05, 0.1) is 25.4 Å². The molecule has 0 aliphatic heterocycles. The van der Waals surface area contributed by atoms with E-state index in [-0.39, 0.29) is 18.5 Å². The van der Waals surface area contributed by atoms with Gasteiger partial charge in [0.15, 0.2) is 0 Å². The summed E-state index contributed by atoms with van der Waals surface area (Å²) in [6.07, 6.45) is 71.6. The Morgan fingerprint density at radius 3 is 1.16 bits per heavy atom. The number of esters is 1. The molecule has 2 atom stereocenters. The molecule has 0 aliphatic rings. The summed E-state index contributed by atoms with van der Waals surface area (Å²) in [5, 5.41) is 23.3. The van der Waals surface area contributed by atoms with E-state index in [0.717, 1.165) is 51.4 Å². The first kappa shape index (κ1) is 66.1. The van der Waals surface area contributed by atoms with Crippen LogP contribution in [0.1, 0.15) is 322 Å². The fourth-order valence-electron chi connectivity index (χ4n) is 9.27. The molecule has 0 spiro atoms. The van der Waals surface area contributed by atoms with Gasteiger partial charge < -0.3 is 20.3 Å². The van der Waals surface area contributed by atoms with Crippen molar-refractivity contribution < 1.29 is 24.5 Å². The second-order valence-electron chi connectivity index (χ2n) is 20.7. The van der Waals surface area contributed by atoms with Crippen LogP contribution >= 0.6 is 0 Å². The smallest absolute Gasteiger partial charge is 0.305 e. The fraction of sp³-hybridized carbons (Fsp3) is 0.871. The van der Waals surface area contributed by atoms with Gasteiger partial charge in [-0.2, -0.15) is 0 Å². The number of hydrogen-bond acceptors (Lipinski definition) is 5. The Bertz CT molecular complexity index is 1100. The molecule has 6 nitrogen and oxygen atoms in total. The lowest BCUT2D eigenvalue weighted by molar-refractivity contribution is -0.143. The molecule has 0 rings (SSSR count). The van der Waals surface area contributed by atoms with Crippen LogP contribution in [0.15, 0.2) is 36.5 Å². The Kier molecular flexibility index (Phi) is 56.0. The van der Waals surface area contributed by atoms with Crippen LogP contribution in [0, 0.1) is 0 Å². The van der Waals surface area contributed by atoms with Crippen molar-refractivity contribution in [2.24, 2.45) is 0 Å². The monoisotopic (exact) mass is 956 g/mol. The number of carbonyl (C=O) groups is 2. The molecule has 0 aromatic heterocycles. The van der Waals surface area contributed by atoms with E-state index in [2.05, 4.69) is 49.5 Å². The zero-order valence-electron chi connectivity index (χ0n) is 45.6. The van der Waals surface area contributed by atoms with Crippen LogP contribution in [0.3, 0.4) is 0 Å². The third kappa shape index (κ3) is 53.4. The number of hydrogen-bond donors (Lipinski definition) is 3. The van der Waals surface area contributed by atoms with Gasteiger partial charge >= 0.3 is 5.97 Å². The van der Waals surface area contributed by atoms with E-state index in [4.69, 9.17) is 4.74 Å². The normalized spacial score (nSPS) is 12.8. The molecule has 68 heavy (non-hydrogen) atoms. The average Bonchev–Trinajstić information content (AvgIpc) is 3.34. The van der Waals surface area contributed by atoms with Crippen molar-refractivity contribution in [2.75, 3.05) is 13.2 Å². The number of rotatable bonds is 56. The predicted molar refractivity (Wildman–Crippen MR) is 296 cm³/mol. The van der Waals surface area contributed by atoms with Crippen LogP contribution in [0.25, 0.3) is 0 Å². The molecule has 2 unspecified atom stereocenters. The molecule has 0 bridgehead atoms. The minimum atomic E-state index is -0.701. The van der Waals surface area contributed by atoms with Crippen LogP contribution in [-0.4, -0.2) is 47.4 Å². The van der Waals surface area contributed by atoms with Gasteiger partial charge in [0.1, 0.15) is 0 Å². The van der Waals surface area contributed by atoms with Crippen molar-refractivity contribution in [1.29, 1.82) is 0 Å². The molecule has 0 heterocycles. The first-order chi connectivity index (χ1) is 33.5. The molecule has 0 aliphatic carbocycles. The van der Waals surface area contributed by atoms with Crippen molar-refractivity contribution in [1.82, 2.24) is 5.32 Å². The standard InChI is InChI=1S/C62H117NO5/c1-3-5-7-9-11-13-15-17-19-20-21-22-23-24-25-26-28-30-34-38-42-46-50-54-60(65)59(58-64)63-61(66)55-51-47-43-39-35-31-29-33-37-41-45-49-53-57-68-62(67)56-52-48-44-40-36-32-27-18-16-14-12-10-8-6-4-2/h18,27,31,35,43,47,59-60,64-65H,3-17,19-26,28-30,32-34,36-42,44-46,48-58H2,1-2H3,(H,63,66)/b27-18-,35-31-,47-43-. The van der Waals surface area contributed by atoms with Crippen LogP contribution in [0.5, 0.6) is 0 Å². The van der Waals surface area contributed by atoms with Crippen molar-refractivity contribution in [3.8, 4) is 0 Å². The minimum Gasteiger partial charge on any atom is -0.466 e. The van der Waals surface area contributed by atoms with Gasteiger partial charge in [0.25, 0.3) is 0 Å². The lowest BCUT2D eigenvalue weighted by Crippen LogP contribution is -2.45. The molecule has 400 valence electrons. The Balaban J connectivity index is 3.53. The highest BCUT2D eigenvalue weighted by Crippen LogP contribution is 2.17. The Hall–Kier alpha value is -1.92. The zero-order valence-corrected chi connectivity index (χ0v) is 45.6. The largest absolute Gasteiger partial charge is 0.466 e. The molecule has 0 radical (unpaired) electrons. The first-order valence-corrected chi connectivity index (χ1v) is 30.2. The highest BCUT2D eigenvalue weighted by molar-refractivity contribution is 5.76. The van der Waals surface area contributed by atoms with Gasteiger partial charge in [0.2, 0.25) is 5.91 Å². The molecular formula is C62H117NO5. The second kappa shape index (κ2) is 57.7. The van der Waals surface area contributed by atoms with Crippen LogP contribution in [0.4, 0.5) is 0 Å². The summed E-state index contributed by atoms with van der Waals surface area (Å²) >= 11 is 0. The van der Waals surface area contributed by atoms with E-state index in [1.807, 2.05) is 6.08 Å². The molecule has 1 amide bonds. The molecular weight excluding hydrogens is 839 g/mol.